The second-order valence-corrected chi connectivity index (χ2v) is 2.81. The lowest BCUT2D eigenvalue weighted by Gasteiger charge is -2.03. The Bertz CT molecular complexity index is 403. The minimum atomic E-state index is -1.21. The molecule has 0 saturated carbocycles. The number of H-pyrrole nitrogens is 1. The van der Waals surface area contributed by atoms with Crippen LogP contribution in [0.4, 0.5) is 0 Å². The number of aromatic amines is 1. The van der Waals surface area contributed by atoms with Crippen LogP contribution in [-0.4, -0.2) is 28.2 Å². The molecule has 1 rings (SSSR count). The summed E-state index contributed by atoms with van der Waals surface area (Å²) in [6.45, 7) is 0. The summed E-state index contributed by atoms with van der Waals surface area (Å²) >= 11 is 10.3. The van der Waals surface area contributed by atoms with Gasteiger partial charge in [-0.25, -0.2) is 4.79 Å². The minimum Gasteiger partial charge on any atom is -0.480 e. The van der Waals surface area contributed by atoms with Crippen LogP contribution < -0.4 is 4.74 Å². The molecule has 0 aliphatic rings. The summed E-state index contributed by atoms with van der Waals surface area (Å²) in [6.07, 6.45) is 0. The lowest BCUT2D eigenvalue weighted by atomic mass is 10.4. The molecule has 0 spiro atoms. The fraction of sp³-hybridized carbons (Fsp3) is 0.167. The summed E-state index contributed by atoms with van der Waals surface area (Å²) in [5.74, 6) is -1.21. The molecule has 70 valence electrons. The first-order valence-electron chi connectivity index (χ1n) is 3.13. The van der Waals surface area contributed by atoms with Gasteiger partial charge in [-0.3, -0.25) is 0 Å². The highest BCUT2D eigenvalue weighted by Gasteiger charge is 2.14. The Hall–Kier alpha value is -1.14. The Labute approximate surface area is 83.3 Å². The van der Waals surface area contributed by atoms with Crippen LogP contribution >= 0.6 is 23.8 Å². The van der Waals surface area contributed by atoms with Crippen molar-refractivity contribution in [2.24, 2.45) is 0 Å². The summed E-state index contributed by atoms with van der Waals surface area (Å²) in [6, 6.07) is 0. The zero-order valence-corrected chi connectivity index (χ0v) is 8.07. The van der Waals surface area contributed by atoms with Crippen LogP contribution in [0.25, 0.3) is 0 Å². The first-order valence-corrected chi connectivity index (χ1v) is 3.92. The number of methoxy groups -OCH3 is 1. The molecule has 0 atom stereocenters. The maximum absolute atomic E-state index is 10.6. The number of aromatic nitrogens is 2. The lowest BCUT2D eigenvalue weighted by Crippen LogP contribution is -2.04. The van der Waals surface area contributed by atoms with Crippen molar-refractivity contribution in [2.45, 2.75) is 0 Å². The number of nitrogens with zero attached hydrogens (tertiary/aromatic N) is 1. The van der Waals surface area contributed by atoms with E-state index < -0.39 is 5.97 Å². The van der Waals surface area contributed by atoms with Gasteiger partial charge in [0.15, 0.2) is 5.69 Å². The van der Waals surface area contributed by atoms with E-state index in [0.717, 1.165) is 0 Å². The van der Waals surface area contributed by atoms with Gasteiger partial charge in [-0.2, -0.15) is 4.98 Å². The number of hydrogen-bond donors (Lipinski definition) is 2. The van der Waals surface area contributed by atoms with E-state index in [2.05, 4.69) is 22.2 Å². The van der Waals surface area contributed by atoms with Crippen LogP contribution in [0.15, 0.2) is 0 Å². The van der Waals surface area contributed by atoms with E-state index in [9.17, 15) is 4.79 Å². The van der Waals surface area contributed by atoms with E-state index >= 15 is 0 Å². The Balaban J connectivity index is 3.44. The summed E-state index contributed by atoms with van der Waals surface area (Å²) < 4.78 is 4.74. The van der Waals surface area contributed by atoms with Gasteiger partial charge in [-0.05, 0) is 12.2 Å². The van der Waals surface area contributed by atoms with Gasteiger partial charge >= 0.3 is 5.97 Å². The minimum absolute atomic E-state index is 0.00261. The van der Waals surface area contributed by atoms with Gasteiger partial charge in [-0.1, -0.05) is 11.6 Å². The number of nitrogens with one attached hydrogen (secondary N) is 1. The Morgan fingerprint density at radius 3 is 2.85 bits per heavy atom. The van der Waals surface area contributed by atoms with Crippen molar-refractivity contribution in [1.82, 2.24) is 9.97 Å². The Morgan fingerprint density at radius 1 is 1.77 bits per heavy atom. The molecule has 0 saturated heterocycles. The van der Waals surface area contributed by atoms with Crippen molar-refractivity contribution in [3.05, 3.63) is 15.5 Å². The van der Waals surface area contributed by atoms with Gasteiger partial charge in [0.25, 0.3) is 0 Å². The quantitative estimate of drug-likeness (QED) is 0.739. The summed E-state index contributed by atoms with van der Waals surface area (Å²) in [5, 5.41) is 8.57. The maximum atomic E-state index is 10.6. The number of carboxylic acid groups (broad SMARTS) is 1. The highest BCUT2D eigenvalue weighted by molar-refractivity contribution is 7.71. The van der Waals surface area contributed by atoms with E-state index in [1.165, 1.54) is 7.11 Å². The molecule has 1 aromatic rings. The van der Waals surface area contributed by atoms with Crippen molar-refractivity contribution in [3.8, 4) is 5.88 Å². The Morgan fingerprint density at radius 2 is 2.38 bits per heavy atom. The fourth-order valence-corrected chi connectivity index (χ4v) is 1.15. The van der Waals surface area contributed by atoms with Crippen LogP contribution in [-0.2, 0) is 0 Å². The van der Waals surface area contributed by atoms with Crippen LogP contribution in [0.2, 0.25) is 5.02 Å². The van der Waals surface area contributed by atoms with Crippen molar-refractivity contribution in [3.63, 3.8) is 0 Å². The number of carbonyl (C=O) groups is 1. The average molecular weight is 221 g/mol. The second-order valence-electron chi connectivity index (χ2n) is 2.05. The molecule has 1 aromatic heterocycles. The van der Waals surface area contributed by atoms with Crippen molar-refractivity contribution in [2.75, 3.05) is 7.11 Å². The maximum Gasteiger partial charge on any atom is 0.354 e. The number of hydrogen-bond acceptors (Lipinski definition) is 4. The van der Waals surface area contributed by atoms with Crippen LogP contribution in [0.5, 0.6) is 5.88 Å². The van der Waals surface area contributed by atoms with Crippen LogP contribution in [0.1, 0.15) is 10.5 Å². The summed E-state index contributed by atoms with van der Waals surface area (Å²) in [4.78, 5) is 16.6. The molecule has 0 bridgehead atoms. The molecule has 0 amide bonds. The third-order valence-corrected chi connectivity index (χ3v) is 1.79. The predicted octanol–water partition coefficient (Wildman–Crippen LogP) is 1.50. The molecule has 0 aliphatic carbocycles. The molecule has 1 heterocycles. The number of halogens is 1. The van der Waals surface area contributed by atoms with Gasteiger partial charge in [0, 0.05) is 0 Å². The molecule has 0 fully saturated rings. The first-order chi connectivity index (χ1) is 6.06. The number of aromatic carboxylic acids is 1. The SMILES string of the molecule is COc1nc(=S)[nH]c(C(=O)O)c1Cl. The zero-order valence-electron chi connectivity index (χ0n) is 6.50. The standard InChI is InChI=1S/C6H5ClN2O3S/c1-12-4-2(7)3(5(10)11)8-6(13)9-4/h1H3,(H,10,11)(H,8,9,13). The van der Waals surface area contributed by atoms with Gasteiger partial charge in [0.05, 0.1) is 7.11 Å². The molecule has 0 aliphatic heterocycles. The molecule has 0 aromatic carbocycles. The van der Waals surface area contributed by atoms with Gasteiger partial charge in [0.2, 0.25) is 10.7 Å². The summed E-state index contributed by atoms with van der Waals surface area (Å²) in [7, 11) is 1.33. The van der Waals surface area contributed by atoms with E-state index in [1.807, 2.05) is 0 Å². The predicted molar refractivity (Wildman–Crippen MR) is 47.9 cm³/mol. The average Bonchev–Trinajstić information content (AvgIpc) is 2.08. The molecule has 0 radical (unpaired) electrons. The Kier molecular flexibility index (Phi) is 2.84. The van der Waals surface area contributed by atoms with Crippen molar-refractivity contribution in [1.29, 1.82) is 0 Å². The topological polar surface area (TPSA) is 75.2 Å². The largest absolute Gasteiger partial charge is 0.480 e. The highest BCUT2D eigenvalue weighted by atomic mass is 35.5. The molecule has 7 heteroatoms. The first kappa shape index (κ1) is 9.94. The summed E-state index contributed by atoms with van der Waals surface area (Å²) in [5.41, 5.74) is -0.224. The lowest BCUT2D eigenvalue weighted by molar-refractivity contribution is 0.0689. The number of ether oxygens (including phenoxy) is 1. The van der Waals surface area contributed by atoms with E-state index in [0.29, 0.717) is 0 Å². The molecule has 5 nitrogen and oxygen atoms in total. The van der Waals surface area contributed by atoms with Gasteiger partial charge < -0.3 is 14.8 Å². The molecule has 2 N–H and O–H groups in total. The van der Waals surface area contributed by atoms with Gasteiger partial charge in [0.1, 0.15) is 5.02 Å². The molecule has 13 heavy (non-hydrogen) atoms. The van der Waals surface area contributed by atoms with E-state index in [4.69, 9.17) is 21.4 Å². The highest BCUT2D eigenvalue weighted by Crippen LogP contribution is 2.23. The third kappa shape index (κ3) is 1.96. The number of rotatable bonds is 2. The van der Waals surface area contributed by atoms with Crippen LogP contribution in [0, 0.1) is 4.77 Å². The molecular formula is C6H5ClN2O3S. The molecular weight excluding hydrogens is 216 g/mol. The van der Waals surface area contributed by atoms with E-state index in [1.54, 1.807) is 0 Å². The number of carboxylic acids is 1. The third-order valence-electron chi connectivity index (χ3n) is 1.25. The van der Waals surface area contributed by atoms with Gasteiger partial charge in [-0.15, -0.1) is 0 Å². The van der Waals surface area contributed by atoms with E-state index in [-0.39, 0.29) is 21.4 Å². The fourth-order valence-electron chi connectivity index (χ4n) is 0.721. The zero-order chi connectivity index (χ0) is 10.0. The monoisotopic (exact) mass is 220 g/mol. The van der Waals surface area contributed by atoms with Crippen LogP contribution in [0.3, 0.4) is 0 Å². The normalized spacial score (nSPS) is 9.69. The van der Waals surface area contributed by atoms with Crippen molar-refractivity contribution < 1.29 is 14.6 Å². The van der Waals surface area contributed by atoms with Crippen molar-refractivity contribution >= 4 is 29.8 Å². The smallest absolute Gasteiger partial charge is 0.354 e. The molecule has 0 unspecified atom stereocenters. The second kappa shape index (κ2) is 3.71.